The summed E-state index contributed by atoms with van der Waals surface area (Å²) < 4.78 is 5.59. The molecule has 0 bridgehead atoms. The molecule has 3 amide bonds. The van der Waals surface area contributed by atoms with Gasteiger partial charge in [-0.25, -0.2) is 0 Å². The van der Waals surface area contributed by atoms with Crippen LogP contribution in [0, 0.1) is 0 Å². The van der Waals surface area contributed by atoms with Crippen molar-refractivity contribution in [3.63, 3.8) is 0 Å². The Morgan fingerprint density at radius 3 is 2.45 bits per heavy atom. The highest BCUT2D eigenvalue weighted by molar-refractivity contribution is 6.30. The van der Waals surface area contributed by atoms with E-state index in [9.17, 15) is 29.4 Å². The molecule has 3 N–H and O–H groups in total. The predicted octanol–water partition coefficient (Wildman–Crippen LogP) is 5.12. The van der Waals surface area contributed by atoms with Crippen molar-refractivity contribution in [3.05, 3.63) is 104 Å². The molecule has 2 aliphatic heterocycles. The molecule has 0 unspecified atom stereocenters. The van der Waals surface area contributed by atoms with Crippen LogP contribution in [0.5, 0.6) is 11.5 Å². The third kappa shape index (κ3) is 7.28. The van der Waals surface area contributed by atoms with Gasteiger partial charge in [-0.15, -0.1) is 0 Å². The van der Waals surface area contributed by atoms with Crippen LogP contribution in [0.3, 0.4) is 0 Å². The first-order valence-corrected chi connectivity index (χ1v) is 16.2. The predicted molar refractivity (Wildman–Crippen MR) is 176 cm³/mol. The normalized spacial score (nSPS) is 16.3. The Morgan fingerprint density at radius 1 is 0.957 bits per heavy atom. The van der Waals surface area contributed by atoms with E-state index in [0.717, 1.165) is 61.6 Å². The monoisotopic (exact) mass is 657 g/mol. The summed E-state index contributed by atoms with van der Waals surface area (Å²) in [6.07, 6.45) is 4.18. The molecule has 0 spiro atoms. The standard InChI is InChI=1S/C36H36ClN3O7/c37-25-10-8-22(9-11-25)17-28(38-35(45)32-20-30(43)34-29(42)18-26(41)19-31(34)47-32)36(46)39-15-12-23(13-16-39)27-6-2-1-5-24(27)21-40-14-4-3-7-33(40)44/h1-2,5-6,8-11,18-20,23,28,41-42H,3-4,7,12-17,21H2,(H,38,45)/t28-/m1/s1. The van der Waals surface area contributed by atoms with Gasteiger partial charge in [-0.1, -0.05) is 48.0 Å². The third-order valence-corrected chi connectivity index (χ3v) is 9.31. The number of piperidine rings is 2. The van der Waals surface area contributed by atoms with Crippen molar-refractivity contribution in [2.75, 3.05) is 19.6 Å². The first-order chi connectivity index (χ1) is 22.7. The molecule has 0 radical (unpaired) electrons. The molecule has 3 aromatic carbocycles. The lowest BCUT2D eigenvalue weighted by molar-refractivity contribution is -0.135. The molecule has 4 aromatic rings. The molecule has 3 heterocycles. The average molecular weight is 658 g/mol. The topological polar surface area (TPSA) is 140 Å². The lowest BCUT2D eigenvalue weighted by Gasteiger charge is -2.36. The number of hydrogen-bond acceptors (Lipinski definition) is 7. The van der Waals surface area contributed by atoms with Crippen molar-refractivity contribution >= 4 is 40.3 Å². The summed E-state index contributed by atoms with van der Waals surface area (Å²) in [5, 5.41) is 23.1. The van der Waals surface area contributed by atoms with Crippen molar-refractivity contribution < 1.29 is 29.0 Å². The van der Waals surface area contributed by atoms with Gasteiger partial charge in [-0.05, 0) is 60.4 Å². The van der Waals surface area contributed by atoms with E-state index in [0.29, 0.717) is 31.1 Å². The maximum Gasteiger partial charge on any atom is 0.287 e. The van der Waals surface area contributed by atoms with E-state index in [1.165, 1.54) is 5.56 Å². The zero-order valence-electron chi connectivity index (χ0n) is 25.8. The molecular formula is C36H36ClN3O7. The second-order valence-corrected chi connectivity index (χ2v) is 12.7. The van der Waals surface area contributed by atoms with Gasteiger partial charge in [-0.3, -0.25) is 19.2 Å². The average Bonchev–Trinajstić information content (AvgIpc) is 3.06. The molecule has 0 saturated carbocycles. The van der Waals surface area contributed by atoms with Crippen LogP contribution in [0.1, 0.15) is 65.3 Å². The van der Waals surface area contributed by atoms with Crippen LogP contribution in [-0.2, 0) is 22.6 Å². The van der Waals surface area contributed by atoms with Gasteiger partial charge < -0.3 is 29.7 Å². The number of phenols is 2. The minimum atomic E-state index is -0.976. The summed E-state index contributed by atoms with van der Waals surface area (Å²) in [4.78, 5) is 56.3. The number of fused-ring (bicyclic) bond motifs is 1. The number of carbonyl (C=O) groups is 3. The molecule has 6 rings (SSSR count). The summed E-state index contributed by atoms with van der Waals surface area (Å²) in [5.41, 5.74) is 2.29. The fourth-order valence-corrected chi connectivity index (χ4v) is 6.72. The lowest BCUT2D eigenvalue weighted by atomic mass is 9.86. The smallest absolute Gasteiger partial charge is 0.287 e. The van der Waals surface area contributed by atoms with Gasteiger partial charge in [0.2, 0.25) is 11.8 Å². The number of halogens is 1. The number of nitrogens with one attached hydrogen (secondary N) is 1. The van der Waals surface area contributed by atoms with Gasteiger partial charge in [0.25, 0.3) is 5.91 Å². The fourth-order valence-electron chi connectivity index (χ4n) is 6.59. The molecular weight excluding hydrogens is 622 g/mol. The number of carbonyl (C=O) groups excluding carboxylic acids is 3. The highest BCUT2D eigenvalue weighted by Gasteiger charge is 2.32. The Kier molecular flexibility index (Phi) is 9.49. The quantitative estimate of drug-likeness (QED) is 0.239. The van der Waals surface area contributed by atoms with E-state index in [1.807, 2.05) is 17.0 Å². The number of likely N-dealkylation sites (tertiary alicyclic amines) is 2. The zero-order chi connectivity index (χ0) is 33.1. The largest absolute Gasteiger partial charge is 0.508 e. The summed E-state index contributed by atoms with van der Waals surface area (Å²) in [6.45, 7) is 2.33. The molecule has 244 valence electrons. The SMILES string of the molecule is O=C(N[C@H](Cc1ccc(Cl)cc1)C(=O)N1CCC(c2ccccc2CN2CCCCC2=O)CC1)c1cc(=O)c2c(O)cc(O)cc2o1. The second-order valence-electron chi connectivity index (χ2n) is 12.2. The van der Waals surface area contributed by atoms with E-state index >= 15 is 0 Å². The number of benzene rings is 3. The van der Waals surface area contributed by atoms with Crippen LogP contribution in [0.15, 0.2) is 75.9 Å². The van der Waals surface area contributed by atoms with Gasteiger partial charge in [-0.2, -0.15) is 0 Å². The second kappa shape index (κ2) is 13.9. The summed E-state index contributed by atoms with van der Waals surface area (Å²) in [5.74, 6) is -1.80. The first-order valence-electron chi connectivity index (χ1n) is 15.9. The van der Waals surface area contributed by atoms with E-state index in [-0.39, 0.29) is 46.6 Å². The molecule has 10 nitrogen and oxygen atoms in total. The molecule has 1 atom stereocenters. The number of hydrogen-bond donors (Lipinski definition) is 3. The van der Waals surface area contributed by atoms with E-state index < -0.39 is 23.1 Å². The van der Waals surface area contributed by atoms with E-state index in [2.05, 4.69) is 17.4 Å². The van der Waals surface area contributed by atoms with Crippen LogP contribution in [-0.4, -0.2) is 63.4 Å². The summed E-state index contributed by atoms with van der Waals surface area (Å²) >= 11 is 6.08. The maximum absolute atomic E-state index is 14.0. The van der Waals surface area contributed by atoms with Gasteiger partial charge in [0, 0.05) is 62.2 Å². The van der Waals surface area contributed by atoms with Gasteiger partial charge in [0.1, 0.15) is 28.5 Å². The molecule has 2 saturated heterocycles. The molecule has 47 heavy (non-hydrogen) atoms. The maximum atomic E-state index is 14.0. The third-order valence-electron chi connectivity index (χ3n) is 9.06. The number of nitrogens with zero attached hydrogens (tertiary/aromatic N) is 2. The molecule has 1 aromatic heterocycles. The van der Waals surface area contributed by atoms with Gasteiger partial charge in [0.15, 0.2) is 11.2 Å². The Labute approximate surface area is 276 Å². The molecule has 11 heteroatoms. The van der Waals surface area contributed by atoms with Crippen molar-refractivity contribution in [3.8, 4) is 11.5 Å². The van der Waals surface area contributed by atoms with Gasteiger partial charge >= 0.3 is 0 Å². The fraction of sp³-hybridized carbons (Fsp3) is 0.333. The van der Waals surface area contributed by atoms with Crippen LogP contribution < -0.4 is 10.7 Å². The van der Waals surface area contributed by atoms with Crippen molar-refractivity contribution in [2.24, 2.45) is 0 Å². The van der Waals surface area contributed by atoms with Crippen LogP contribution in [0.2, 0.25) is 5.02 Å². The Morgan fingerprint density at radius 2 is 1.70 bits per heavy atom. The lowest BCUT2D eigenvalue weighted by Crippen LogP contribution is -2.51. The van der Waals surface area contributed by atoms with Crippen LogP contribution >= 0.6 is 11.6 Å². The van der Waals surface area contributed by atoms with E-state index in [4.69, 9.17) is 16.0 Å². The molecule has 2 aliphatic rings. The summed E-state index contributed by atoms with van der Waals surface area (Å²) in [6, 6.07) is 17.3. The zero-order valence-corrected chi connectivity index (χ0v) is 26.5. The van der Waals surface area contributed by atoms with Crippen molar-refractivity contribution in [1.29, 1.82) is 0 Å². The number of rotatable bonds is 8. The number of phenolic OH excluding ortho intramolecular Hbond substituents is 2. The minimum Gasteiger partial charge on any atom is -0.508 e. The summed E-state index contributed by atoms with van der Waals surface area (Å²) in [7, 11) is 0. The van der Waals surface area contributed by atoms with Crippen molar-refractivity contribution in [2.45, 2.75) is 57.0 Å². The Balaban J connectivity index is 1.19. The molecule has 2 fully saturated rings. The minimum absolute atomic E-state index is 0.160. The number of aromatic hydroxyl groups is 2. The number of amides is 3. The Hall–Kier alpha value is -4.83. The first kappa shape index (κ1) is 32.1. The van der Waals surface area contributed by atoms with Gasteiger partial charge in [0.05, 0.1) is 0 Å². The van der Waals surface area contributed by atoms with Crippen LogP contribution in [0.25, 0.3) is 11.0 Å². The Bertz CT molecular complexity index is 1870. The molecule has 0 aliphatic carbocycles. The highest BCUT2D eigenvalue weighted by Crippen LogP contribution is 2.32. The highest BCUT2D eigenvalue weighted by atomic mass is 35.5. The van der Waals surface area contributed by atoms with E-state index in [1.54, 1.807) is 29.2 Å². The van der Waals surface area contributed by atoms with Crippen LogP contribution in [0.4, 0.5) is 0 Å². The van der Waals surface area contributed by atoms with Crippen molar-refractivity contribution in [1.82, 2.24) is 15.1 Å².